The van der Waals surface area contributed by atoms with E-state index in [2.05, 4.69) is 54.8 Å². The Morgan fingerprint density at radius 2 is 1.96 bits per heavy atom. The molecule has 132 valence electrons. The summed E-state index contributed by atoms with van der Waals surface area (Å²) in [5.41, 5.74) is 9.59. The van der Waals surface area contributed by atoms with Crippen molar-refractivity contribution in [3.05, 3.63) is 59.9 Å². The lowest BCUT2D eigenvalue weighted by molar-refractivity contribution is 0.317. The lowest BCUT2D eigenvalue weighted by Crippen LogP contribution is -2.19. The Kier molecular flexibility index (Phi) is 5.71. The summed E-state index contributed by atoms with van der Waals surface area (Å²) in [6, 6.07) is 16.6. The third kappa shape index (κ3) is 3.85. The molecular formula is C21H27N3O. The van der Waals surface area contributed by atoms with Crippen LogP contribution in [0.3, 0.4) is 0 Å². The normalized spacial score (nSPS) is 12.4. The maximum absolute atomic E-state index is 6.13. The van der Waals surface area contributed by atoms with Gasteiger partial charge in [-0.25, -0.2) is 4.98 Å². The van der Waals surface area contributed by atoms with E-state index in [1.54, 1.807) is 0 Å². The fraction of sp³-hybridized carbons (Fsp3) is 0.381. The largest absolute Gasteiger partial charge is 0.494 e. The van der Waals surface area contributed by atoms with E-state index in [1.165, 1.54) is 11.1 Å². The van der Waals surface area contributed by atoms with Crippen molar-refractivity contribution in [3.8, 4) is 5.75 Å². The first-order valence-corrected chi connectivity index (χ1v) is 9.13. The molecule has 2 aromatic carbocycles. The molecule has 0 bridgehead atoms. The van der Waals surface area contributed by atoms with Crippen molar-refractivity contribution in [2.75, 3.05) is 13.2 Å². The molecule has 0 saturated heterocycles. The van der Waals surface area contributed by atoms with Crippen molar-refractivity contribution in [1.29, 1.82) is 0 Å². The number of hydrogen-bond donors (Lipinski definition) is 1. The van der Waals surface area contributed by atoms with Crippen LogP contribution in [-0.4, -0.2) is 22.7 Å². The fourth-order valence-corrected chi connectivity index (χ4v) is 3.28. The minimum absolute atomic E-state index is 0.189. The van der Waals surface area contributed by atoms with Crippen LogP contribution in [0.4, 0.5) is 0 Å². The standard InChI is InChI=1S/C21H27N3O/c1-3-12-25-18-9-7-8-16(14-18)13-17(15-22)21-23-19-10-5-6-11-20(19)24(21)4-2/h5-11,14,17H,3-4,12-13,15,22H2,1-2H3. The molecule has 0 fully saturated rings. The van der Waals surface area contributed by atoms with Crippen molar-refractivity contribution >= 4 is 11.0 Å². The average Bonchev–Trinajstić information content (AvgIpc) is 3.03. The van der Waals surface area contributed by atoms with Crippen molar-refractivity contribution < 1.29 is 4.74 Å². The quantitative estimate of drug-likeness (QED) is 0.672. The van der Waals surface area contributed by atoms with Crippen molar-refractivity contribution in [2.24, 2.45) is 5.73 Å². The molecule has 0 aliphatic carbocycles. The maximum atomic E-state index is 6.13. The first-order valence-electron chi connectivity index (χ1n) is 9.13. The van der Waals surface area contributed by atoms with Gasteiger partial charge in [-0.3, -0.25) is 0 Å². The van der Waals surface area contributed by atoms with Crippen LogP contribution in [-0.2, 0) is 13.0 Å². The number of aryl methyl sites for hydroxylation is 1. The predicted molar refractivity (Wildman–Crippen MR) is 103 cm³/mol. The molecule has 3 rings (SSSR count). The highest BCUT2D eigenvalue weighted by Gasteiger charge is 2.19. The summed E-state index contributed by atoms with van der Waals surface area (Å²) in [7, 11) is 0. The molecule has 0 saturated carbocycles. The van der Waals surface area contributed by atoms with Crippen LogP contribution in [0.25, 0.3) is 11.0 Å². The van der Waals surface area contributed by atoms with E-state index >= 15 is 0 Å². The number of nitrogens with two attached hydrogens (primary N) is 1. The van der Waals surface area contributed by atoms with Gasteiger partial charge in [0.2, 0.25) is 0 Å². The van der Waals surface area contributed by atoms with Gasteiger partial charge < -0.3 is 15.0 Å². The fourth-order valence-electron chi connectivity index (χ4n) is 3.28. The number of benzene rings is 2. The highest BCUT2D eigenvalue weighted by atomic mass is 16.5. The summed E-state index contributed by atoms with van der Waals surface area (Å²) in [5.74, 6) is 2.19. The lowest BCUT2D eigenvalue weighted by atomic mass is 9.98. The predicted octanol–water partition coefficient (Wildman–Crippen LogP) is 4.13. The molecule has 0 aliphatic rings. The van der Waals surface area contributed by atoms with Crippen LogP contribution in [0, 0.1) is 0 Å². The van der Waals surface area contributed by atoms with Crippen LogP contribution in [0.15, 0.2) is 48.5 Å². The van der Waals surface area contributed by atoms with Gasteiger partial charge >= 0.3 is 0 Å². The molecule has 0 radical (unpaired) electrons. The number of fused-ring (bicyclic) bond motifs is 1. The minimum Gasteiger partial charge on any atom is -0.494 e. The molecule has 0 amide bonds. The zero-order chi connectivity index (χ0) is 17.6. The molecule has 2 N–H and O–H groups in total. The van der Waals surface area contributed by atoms with Crippen molar-refractivity contribution in [3.63, 3.8) is 0 Å². The van der Waals surface area contributed by atoms with Gasteiger partial charge in [-0.05, 0) is 49.6 Å². The zero-order valence-corrected chi connectivity index (χ0v) is 15.1. The number of aromatic nitrogens is 2. The second-order valence-electron chi connectivity index (χ2n) is 6.34. The Labute approximate surface area is 149 Å². The average molecular weight is 337 g/mol. The number of hydrogen-bond acceptors (Lipinski definition) is 3. The van der Waals surface area contributed by atoms with Gasteiger partial charge in [-0.1, -0.05) is 31.2 Å². The molecule has 3 aromatic rings. The second-order valence-corrected chi connectivity index (χ2v) is 6.34. The van der Waals surface area contributed by atoms with Gasteiger partial charge in [0.05, 0.1) is 17.6 Å². The summed E-state index contributed by atoms with van der Waals surface area (Å²) in [5, 5.41) is 0. The van der Waals surface area contributed by atoms with Gasteiger partial charge in [0, 0.05) is 19.0 Å². The number of nitrogens with zero attached hydrogens (tertiary/aromatic N) is 2. The van der Waals surface area contributed by atoms with E-state index in [0.717, 1.165) is 43.1 Å². The van der Waals surface area contributed by atoms with E-state index in [-0.39, 0.29) is 5.92 Å². The molecule has 4 heteroatoms. The second kappa shape index (κ2) is 8.17. The van der Waals surface area contributed by atoms with Crippen LogP contribution < -0.4 is 10.5 Å². The summed E-state index contributed by atoms with van der Waals surface area (Å²) >= 11 is 0. The minimum atomic E-state index is 0.189. The van der Waals surface area contributed by atoms with Crippen LogP contribution in [0.2, 0.25) is 0 Å². The van der Waals surface area contributed by atoms with Crippen LogP contribution >= 0.6 is 0 Å². The van der Waals surface area contributed by atoms with E-state index in [1.807, 2.05) is 12.1 Å². The number of rotatable bonds is 8. The summed E-state index contributed by atoms with van der Waals surface area (Å²) in [6.45, 7) is 6.48. The summed E-state index contributed by atoms with van der Waals surface area (Å²) in [6.07, 6.45) is 1.87. The lowest BCUT2D eigenvalue weighted by Gasteiger charge is -2.17. The highest BCUT2D eigenvalue weighted by molar-refractivity contribution is 5.76. The van der Waals surface area contributed by atoms with Crippen LogP contribution in [0.1, 0.15) is 37.6 Å². The zero-order valence-electron chi connectivity index (χ0n) is 15.1. The Morgan fingerprint density at radius 1 is 1.12 bits per heavy atom. The van der Waals surface area contributed by atoms with Crippen LogP contribution in [0.5, 0.6) is 5.75 Å². The summed E-state index contributed by atoms with van der Waals surface area (Å²) < 4.78 is 8.04. The molecule has 1 atom stereocenters. The number of para-hydroxylation sites is 2. The molecule has 1 heterocycles. The van der Waals surface area contributed by atoms with E-state index in [4.69, 9.17) is 15.5 Å². The van der Waals surface area contributed by atoms with Gasteiger partial charge in [-0.2, -0.15) is 0 Å². The monoisotopic (exact) mass is 337 g/mol. The van der Waals surface area contributed by atoms with Gasteiger partial charge in [0.15, 0.2) is 0 Å². The molecule has 4 nitrogen and oxygen atoms in total. The van der Waals surface area contributed by atoms with Gasteiger partial charge in [-0.15, -0.1) is 0 Å². The third-order valence-corrected chi connectivity index (χ3v) is 4.50. The van der Waals surface area contributed by atoms with Crippen molar-refractivity contribution in [2.45, 2.75) is 39.2 Å². The van der Waals surface area contributed by atoms with E-state index < -0.39 is 0 Å². The smallest absolute Gasteiger partial charge is 0.119 e. The molecule has 0 spiro atoms. The summed E-state index contributed by atoms with van der Waals surface area (Å²) in [4.78, 5) is 4.87. The molecule has 1 unspecified atom stereocenters. The first kappa shape index (κ1) is 17.5. The van der Waals surface area contributed by atoms with Gasteiger partial charge in [0.25, 0.3) is 0 Å². The molecule has 0 aliphatic heterocycles. The highest BCUT2D eigenvalue weighted by Crippen LogP contribution is 2.26. The Balaban J connectivity index is 1.88. The Bertz CT molecular complexity index is 825. The SMILES string of the molecule is CCCOc1cccc(CC(CN)c2nc3ccccc3n2CC)c1. The van der Waals surface area contributed by atoms with Gasteiger partial charge in [0.1, 0.15) is 11.6 Å². The molecule has 25 heavy (non-hydrogen) atoms. The Morgan fingerprint density at radius 3 is 2.72 bits per heavy atom. The maximum Gasteiger partial charge on any atom is 0.119 e. The number of imidazole rings is 1. The Hall–Kier alpha value is -2.33. The topological polar surface area (TPSA) is 53.1 Å². The third-order valence-electron chi connectivity index (χ3n) is 4.50. The first-order chi connectivity index (χ1) is 12.3. The van der Waals surface area contributed by atoms with E-state index in [9.17, 15) is 0 Å². The molecular weight excluding hydrogens is 310 g/mol. The van der Waals surface area contributed by atoms with E-state index in [0.29, 0.717) is 6.54 Å². The number of ether oxygens (including phenoxy) is 1. The van der Waals surface area contributed by atoms with Crippen molar-refractivity contribution in [1.82, 2.24) is 9.55 Å². The molecule has 1 aromatic heterocycles.